The molecule has 0 N–H and O–H groups in total. The summed E-state index contributed by atoms with van der Waals surface area (Å²) in [4.78, 5) is 14.4. The van der Waals surface area contributed by atoms with E-state index in [2.05, 4.69) is 6.92 Å². The van der Waals surface area contributed by atoms with E-state index in [1.54, 1.807) is 17.0 Å². The van der Waals surface area contributed by atoms with Crippen LogP contribution in [0.4, 0.5) is 10.1 Å². The van der Waals surface area contributed by atoms with E-state index >= 15 is 0 Å². The van der Waals surface area contributed by atoms with Crippen LogP contribution in [0.15, 0.2) is 42.5 Å². The van der Waals surface area contributed by atoms with E-state index < -0.39 is 5.82 Å². The van der Waals surface area contributed by atoms with Gasteiger partial charge in [-0.05, 0) is 48.6 Å². The van der Waals surface area contributed by atoms with Crippen molar-refractivity contribution in [1.82, 2.24) is 0 Å². The van der Waals surface area contributed by atoms with Crippen molar-refractivity contribution in [3.63, 3.8) is 0 Å². The molecule has 2 nitrogen and oxygen atoms in total. The number of hydrogen-bond donors (Lipinski definition) is 0. The summed E-state index contributed by atoms with van der Waals surface area (Å²) in [6.45, 7) is 4.56. The fourth-order valence-electron chi connectivity index (χ4n) is 2.93. The molecule has 1 aliphatic rings. The summed E-state index contributed by atoms with van der Waals surface area (Å²) in [6, 6.07) is 12.6. The Labute approximate surface area is 124 Å². The lowest BCUT2D eigenvalue weighted by molar-refractivity contribution is 0.0977. The van der Waals surface area contributed by atoms with Gasteiger partial charge in [-0.2, -0.15) is 0 Å². The lowest BCUT2D eigenvalue weighted by Crippen LogP contribution is -2.39. The molecule has 0 aliphatic carbocycles. The molecular weight excluding hydrogens is 265 g/mol. The Hall–Kier alpha value is -2.16. The topological polar surface area (TPSA) is 20.3 Å². The van der Waals surface area contributed by atoms with Crippen LogP contribution in [0, 0.1) is 18.7 Å². The number of fused-ring (bicyclic) bond motifs is 1. The number of rotatable bonds is 1. The minimum Gasteiger partial charge on any atom is -0.308 e. The Morgan fingerprint density at radius 3 is 2.76 bits per heavy atom. The number of para-hydroxylation sites is 1. The second-order valence-electron chi connectivity index (χ2n) is 5.84. The lowest BCUT2D eigenvalue weighted by atomic mass is 9.93. The minimum absolute atomic E-state index is 0.143. The van der Waals surface area contributed by atoms with Gasteiger partial charge in [-0.15, -0.1) is 0 Å². The van der Waals surface area contributed by atoms with Gasteiger partial charge in [-0.25, -0.2) is 4.39 Å². The van der Waals surface area contributed by atoms with Crippen molar-refractivity contribution in [2.24, 2.45) is 5.92 Å². The summed E-state index contributed by atoms with van der Waals surface area (Å²) in [7, 11) is 0. The van der Waals surface area contributed by atoms with Crippen molar-refractivity contribution in [3.8, 4) is 0 Å². The minimum atomic E-state index is -0.448. The first kappa shape index (κ1) is 13.8. The molecule has 3 heteroatoms. The van der Waals surface area contributed by atoms with E-state index in [0.717, 1.165) is 23.2 Å². The predicted octanol–water partition coefficient (Wildman–Crippen LogP) is 3.97. The van der Waals surface area contributed by atoms with Crippen LogP contribution in [0.25, 0.3) is 0 Å². The Kier molecular flexibility index (Phi) is 3.50. The van der Waals surface area contributed by atoms with Crippen LogP contribution in [-0.2, 0) is 6.42 Å². The molecule has 0 radical (unpaired) electrons. The number of carbonyl (C=O) groups is 1. The fourth-order valence-corrected chi connectivity index (χ4v) is 2.93. The number of benzene rings is 2. The summed E-state index contributed by atoms with van der Waals surface area (Å²) in [5.41, 5.74) is 3.01. The molecule has 1 aliphatic heterocycles. The molecule has 2 aromatic carbocycles. The Morgan fingerprint density at radius 2 is 2.00 bits per heavy atom. The predicted molar refractivity (Wildman–Crippen MR) is 82.1 cm³/mol. The lowest BCUT2D eigenvalue weighted by Gasteiger charge is -2.33. The first-order chi connectivity index (χ1) is 10.1. The number of anilines is 1. The van der Waals surface area contributed by atoms with Crippen molar-refractivity contribution in [3.05, 3.63) is 65.0 Å². The number of hydrogen-bond acceptors (Lipinski definition) is 1. The van der Waals surface area contributed by atoms with Gasteiger partial charge in [0.15, 0.2) is 0 Å². The van der Waals surface area contributed by atoms with Crippen LogP contribution in [-0.4, -0.2) is 12.5 Å². The van der Waals surface area contributed by atoms with Crippen molar-refractivity contribution >= 4 is 11.6 Å². The smallest absolute Gasteiger partial charge is 0.261 e. The van der Waals surface area contributed by atoms with Crippen LogP contribution in [0.5, 0.6) is 0 Å². The molecule has 0 bridgehead atoms. The summed E-state index contributed by atoms with van der Waals surface area (Å²) < 4.78 is 14.1. The Morgan fingerprint density at radius 1 is 1.24 bits per heavy atom. The molecule has 0 fully saturated rings. The molecule has 0 saturated heterocycles. The fraction of sp³-hybridized carbons (Fsp3) is 0.278. The Bertz CT molecular complexity index is 695. The molecule has 1 amide bonds. The van der Waals surface area contributed by atoms with Crippen LogP contribution in [0.3, 0.4) is 0 Å². The van der Waals surface area contributed by atoms with Gasteiger partial charge in [0.25, 0.3) is 5.91 Å². The van der Waals surface area contributed by atoms with Crippen molar-refractivity contribution in [1.29, 1.82) is 0 Å². The highest BCUT2D eigenvalue weighted by Gasteiger charge is 2.28. The van der Waals surface area contributed by atoms with Gasteiger partial charge in [0.05, 0.1) is 5.56 Å². The highest BCUT2D eigenvalue weighted by atomic mass is 19.1. The van der Waals surface area contributed by atoms with Gasteiger partial charge < -0.3 is 4.90 Å². The first-order valence-electron chi connectivity index (χ1n) is 7.22. The normalized spacial score (nSPS) is 17.5. The van der Waals surface area contributed by atoms with Gasteiger partial charge >= 0.3 is 0 Å². The number of amides is 1. The monoisotopic (exact) mass is 283 g/mol. The van der Waals surface area contributed by atoms with Crippen LogP contribution in [0.1, 0.15) is 28.4 Å². The van der Waals surface area contributed by atoms with Crippen molar-refractivity contribution < 1.29 is 9.18 Å². The molecule has 1 heterocycles. The number of nitrogens with zero attached hydrogens (tertiary/aromatic N) is 1. The van der Waals surface area contributed by atoms with Gasteiger partial charge in [-0.1, -0.05) is 31.2 Å². The van der Waals surface area contributed by atoms with E-state index in [1.807, 2.05) is 31.2 Å². The van der Waals surface area contributed by atoms with Crippen LogP contribution >= 0.6 is 0 Å². The second kappa shape index (κ2) is 5.32. The maximum atomic E-state index is 14.1. The van der Waals surface area contributed by atoms with E-state index in [1.165, 1.54) is 6.07 Å². The van der Waals surface area contributed by atoms with Crippen molar-refractivity contribution in [2.75, 3.05) is 11.4 Å². The van der Waals surface area contributed by atoms with E-state index in [9.17, 15) is 9.18 Å². The van der Waals surface area contributed by atoms with E-state index in [4.69, 9.17) is 0 Å². The molecular formula is C18H18FNO. The third kappa shape index (κ3) is 2.56. The molecule has 1 atom stereocenters. The van der Waals surface area contributed by atoms with Gasteiger partial charge in [0, 0.05) is 12.2 Å². The summed E-state index contributed by atoms with van der Waals surface area (Å²) in [5.74, 6) is -0.334. The number of aryl methyl sites for hydroxylation is 1. The molecule has 0 spiro atoms. The van der Waals surface area contributed by atoms with Gasteiger partial charge in [-0.3, -0.25) is 4.79 Å². The average molecular weight is 283 g/mol. The molecule has 3 rings (SSSR count). The summed E-state index contributed by atoms with van der Waals surface area (Å²) >= 11 is 0. The van der Waals surface area contributed by atoms with Crippen LogP contribution in [0.2, 0.25) is 0 Å². The zero-order valence-electron chi connectivity index (χ0n) is 12.3. The first-order valence-corrected chi connectivity index (χ1v) is 7.22. The van der Waals surface area contributed by atoms with Gasteiger partial charge in [0.1, 0.15) is 5.82 Å². The maximum absolute atomic E-state index is 14.1. The molecule has 2 aromatic rings. The summed E-state index contributed by atoms with van der Waals surface area (Å²) in [5, 5.41) is 0. The Balaban J connectivity index is 2.02. The highest BCUT2D eigenvalue weighted by molar-refractivity contribution is 6.07. The SMILES string of the molecule is Cc1ccc(C(=O)N2CC(C)Cc3ccccc32)c(F)c1. The van der Waals surface area contributed by atoms with Gasteiger partial charge in [0.2, 0.25) is 0 Å². The van der Waals surface area contributed by atoms with Crippen molar-refractivity contribution in [2.45, 2.75) is 20.3 Å². The summed E-state index contributed by atoms with van der Waals surface area (Å²) in [6.07, 6.45) is 0.955. The zero-order valence-corrected chi connectivity index (χ0v) is 12.3. The second-order valence-corrected chi connectivity index (χ2v) is 5.84. The zero-order chi connectivity index (χ0) is 15.0. The largest absolute Gasteiger partial charge is 0.308 e. The quantitative estimate of drug-likeness (QED) is 0.775. The third-order valence-corrected chi connectivity index (χ3v) is 3.95. The molecule has 108 valence electrons. The maximum Gasteiger partial charge on any atom is 0.261 e. The van der Waals surface area contributed by atoms with Crippen LogP contribution < -0.4 is 4.90 Å². The molecule has 1 unspecified atom stereocenters. The standard InChI is InChI=1S/C18H18FNO/c1-12-7-8-15(16(19)10-12)18(21)20-11-13(2)9-14-5-3-4-6-17(14)20/h3-8,10,13H,9,11H2,1-2H3. The van der Waals surface area contributed by atoms with E-state index in [-0.39, 0.29) is 11.5 Å². The molecule has 0 saturated carbocycles. The molecule has 0 aromatic heterocycles. The van der Waals surface area contributed by atoms with E-state index in [0.29, 0.717) is 12.5 Å². The average Bonchev–Trinajstić information content (AvgIpc) is 2.45. The number of halogens is 1. The highest BCUT2D eigenvalue weighted by Crippen LogP contribution is 2.31. The number of carbonyl (C=O) groups excluding carboxylic acids is 1. The molecule has 21 heavy (non-hydrogen) atoms. The third-order valence-electron chi connectivity index (χ3n) is 3.95.